The van der Waals surface area contributed by atoms with Crippen LogP contribution in [0.5, 0.6) is 0 Å². The van der Waals surface area contributed by atoms with Gasteiger partial charge in [-0.05, 0) is 25.0 Å². The average Bonchev–Trinajstić information content (AvgIpc) is 2.96. The van der Waals surface area contributed by atoms with Crippen molar-refractivity contribution in [3.8, 4) is 0 Å². The molecule has 0 unspecified atom stereocenters. The first-order valence-electron chi connectivity index (χ1n) is 8.08. The third-order valence-electron chi connectivity index (χ3n) is 4.63. The molecule has 3 atom stereocenters. The molecule has 2 fully saturated rings. The first-order valence-corrected chi connectivity index (χ1v) is 9.24. The SMILES string of the molecule is CN1C(=O)CC[C@H](C(=O)O[C@@H]2CCCSC2)[C@@H]1c1cnn(C)c1. The van der Waals surface area contributed by atoms with Crippen molar-refractivity contribution < 1.29 is 14.3 Å². The van der Waals surface area contributed by atoms with E-state index in [1.807, 2.05) is 25.0 Å². The molecule has 2 saturated heterocycles. The Morgan fingerprint density at radius 2 is 2.22 bits per heavy atom. The largest absolute Gasteiger partial charge is 0.461 e. The van der Waals surface area contributed by atoms with Crippen molar-refractivity contribution in [2.24, 2.45) is 13.0 Å². The Balaban J connectivity index is 1.77. The summed E-state index contributed by atoms with van der Waals surface area (Å²) in [5, 5.41) is 4.18. The lowest BCUT2D eigenvalue weighted by Crippen LogP contribution is -2.44. The van der Waals surface area contributed by atoms with Crippen LogP contribution in [0.1, 0.15) is 37.3 Å². The maximum Gasteiger partial charge on any atom is 0.311 e. The summed E-state index contributed by atoms with van der Waals surface area (Å²) in [5.74, 6) is 1.60. The lowest BCUT2D eigenvalue weighted by molar-refractivity contribution is -0.160. The van der Waals surface area contributed by atoms with Crippen LogP contribution in [0.25, 0.3) is 0 Å². The maximum atomic E-state index is 12.7. The van der Waals surface area contributed by atoms with Crippen molar-refractivity contribution in [2.45, 2.75) is 37.8 Å². The summed E-state index contributed by atoms with van der Waals surface area (Å²) < 4.78 is 7.44. The van der Waals surface area contributed by atoms with Gasteiger partial charge in [0.05, 0.1) is 18.2 Å². The van der Waals surface area contributed by atoms with Crippen LogP contribution >= 0.6 is 11.8 Å². The molecular weight excluding hydrogens is 314 g/mol. The summed E-state index contributed by atoms with van der Waals surface area (Å²) in [6, 6.07) is -0.284. The highest BCUT2D eigenvalue weighted by atomic mass is 32.2. The number of esters is 1. The molecule has 1 amide bonds. The van der Waals surface area contributed by atoms with E-state index in [4.69, 9.17) is 4.74 Å². The van der Waals surface area contributed by atoms with Crippen molar-refractivity contribution in [1.29, 1.82) is 0 Å². The fraction of sp³-hybridized carbons (Fsp3) is 0.688. The van der Waals surface area contributed by atoms with E-state index in [0.717, 1.165) is 29.9 Å². The quantitative estimate of drug-likeness (QED) is 0.787. The summed E-state index contributed by atoms with van der Waals surface area (Å²) in [6.07, 6.45) is 6.59. The zero-order valence-corrected chi connectivity index (χ0v) is 14.4. The molecule has 0 aliphatic carbocycles. The number of amides is 1. The number of thioether (sulfide) groups is 1. The Hall–Kier alpha value is -1.50. The molecule has 3 rings (SSSR count). The van der Waals surface area contributed by atoms with Crippen LogP contribution in [0, 0.1) is 5.92 Å². The van der Waals surface area contributed by atoms with E-state index in [-0.39, 0.29) is 29.9 Å². The van der Waals surface area contributed by atoms with E-state index in [9.17, 15) is 9.59 Å². The minimum absolute atomic E-state index is 0.0127. The second-order valence-corrected chi connectivity index (χ2v) is 7.47. The fourth-order valence-corrected chi connectivity index (χ4v) is 4.42. The van der Waals surface area contributed by atoms with Gasteiger partial charge >= 0.3 is 5.97 Å². The summed E-state index contributed by atoms with van der Waals surface area (Å²) in [5.41, 5.74) is 0.892. The van der Waals surface area contributed by atoms with Crippen molar-refractivity contribution in [3.05, 3.63) is 18.0 Å². The molecule has 6 nitrogen and oxygen atoms in total. The Labute approximate surface area is 140 Å². The van der Waals surface area contributed by atoms with Gasteiger partial charge in [0.2, 0.25) is 5.91 Å². The van der Waals surface area contributed by atoms with E-state index in [1.54, 1.807) is 22.8 Å². The zero-order valence-electron chi connectivity index (χ0n) is 13.6. The van der Waals surface area contributed by atoms with Crippen LogP contribution in [0.3, 0.4) is 0 Å². The van der Waals surface area contributed by atoms with Crippen molar-refractivity contribution >= 4 is 23.6 Å². The molecule has 0 spiro atoms. The molecule has 2 aliphatic heterocycles. The van der Waals surface area contributed by atoms with Gasteiger partial charge in [-0.2, -0.15) is 16.9 Å². The monoisotopic (exact) mass is 337 g/mol. The van der Waals surface area contributed by atoms with Crippen LogP contribution in [0.15, 0.2) is 12.4 Å². The number of hydrogen-bond acceptors (Lipinski definition) is 5. The molecule has 126 valence electrons. The zero-order chi connectivity index (χ0) is 16.4. The highest BCUT2D eigenvalue weighted by Crippen LogP contribution is 2.37. The summed E-state index contributed by atoms with van der Waals surface area (Å²) in [7, 11) is 3.59. The van der Waals surface area contributed by atoms with Gasteiger partial charge < -0.3 is 9.64 Å². The molecule has 0 saturated carbocycles. The molecule has 0 N–H and O–H groups in total. The van der Waals surface area contributed by atoms with E-state index in [1.165, 1.54) is 0 Å². The first kappa shape index (κ1) is 16.4. The lowest BCUT2D eigenvalue weighted by Gasteiger charge is -2.38. The van der Waals surface area contributed by atoms with E-state index in [2.05, 4.69) is 5.10 Å². The topological polar surface area (TPSA) is 64.4 Å². The third kappa shape index (κ3) is 3.54. The number of aryl methyl sites for hydroxylation is 1. The number of carbonyl (C=O) groups excluding carboxylic acids is 2. The van der Waals surface area contributed by atoms with E-state index in [0.29, 0.717) is 12.8 Å². The molecule has 1 aromatic heterocycles. The second kappa shape index (κ2) is 6.95. The van der Waals surface area contributed by atoms with Crippen LogP contribution in [0.4, 0.5) is 0 Å². The van der Waals surface area contributed by atoms with Gasteiger partial charge in [0, 0.05) is 38.0 Å². The molecule has 7 heteroatoms. The van der Waals surface area contributed by atoms with Gasteiger partial charge in [0.1, 0.15) is 6.10 Å². The van der Waals surface area contributed by atoms with Crippen molar-refractivity contribution in [2.75, 3.05) is 18.6 Å². The van der Waals surface area contributed by atoms with Crippen molar-refractivity contribution in [1.82, 2.24) is 14.7 Å². The van der Waals surface area contributed by atoms with Crippen LogP contribution < -0.4 is 0 Å². The number of carbonyl (C=O) groups is 2. The maximum absolute atomic E-state index is 12.7. The fourth-order valence-electron chi connectivity index (χ4n) is 3.39. The minimum atomic E-state index is -0.311. The minimum Gasteiger partial charge on any atom is -0.461 e. The normalized spacial score (nSPS) is 28.7. The Kier molecular flexibility index (Phi) is 4.94. The van der Waals surface area contributed by atoms with Crippen LogP contribution in [0.2, 0.25) is 0 Å². The van der Waals surface area contributed by atoms with Crippen LogP contribution in [-0.2, 0) is 21.4 Å². The van der Waals surface area contributed by atoms with Gasteiger partial charge in [-0.25, -0.2) is 0 Å². The van der Waals surface area contributed by atoms with Crippen LogP contribution in [-0.4, -0.2) is 51.2 Å². The van der Waals surface area contributed by atoms with Gasteiger partial charge in [0.15, 0.2) is 0 Å². The summed E-state index contributed by atoms with van der Waals surface area (Å²) in [4.78, 5) is 26.5. The predicted molar refractivity (Wildman–Crippen MR) is 87.9 cm³/mol. The molecule has 0 aromatic carbocycles. The summed E-state index contributed by atoms with van der Waals surface area (Å²) in [6.45, 7) is 0. The molecule has 1 aromatic rings. The molecule has 0 bridgehead atoms. The molecule has 0 radical (unpaired) electrons. The number of piperidine rings is 1. The van der Waals surface area contributed by atoms with Gasteiger partial charge in [-0.3, -0.25) is 14.3 Å². The average molecular weight is 337 g/mol. The summed E-state index contributed by atoms with van der Waals surface area (Å²) >= 11 is 1.84. The van der Waals surface area contributed by atoms with Gasteiger partial charge in [-0.15, -0.1) is 0 Å². The number of hydrogen-bond donors (Lipinski definition) is 0. The Bertz CT molecular complexity index is 583. The van der Waals surface area contributed by atoms with Gasteiger partial charge in [0.25, 0.3) is 0 Å². The number of rotatable bonds is 3. The third-order valence-corrected chi connectivity index (χ3v) is 5.82. The Morgan fingerprint density at radius 1 is 1.39 bits per heavy atom. The van der Waals surface area contributed by atoms with E-state index >= 15 is 0 Å². The second-order valence-electron chi connectivity index (χ2n) is 6.32. The van der Waals surface area contributed by atoms with Crippen molar-refractivity contribution in [3.63, 3.8) is 0 Å². The Morgan fingerprint density at radius 3 is 2.87 bits per heavy atom. The molecule has 23 heavy (non-hydrogen) atoms. The molecular formula is C16H23N3O3S. The number of aromatic nitrogens is 2. The lowest BCUT2D eigenvalue weighted by atomic mass is 9.86. The standard InChI is InChI=1S/C16H23N3O3S/c1-18-9-11(8-17-18)15-13(5-6-14(20)19(15)2)16(21)22-12-4-3-7-23-10-12/h8-9,12-13,15H,3-7,10H2,1-2H3/t12-,13+,15+/m1/s1. The molecule has 3 heterocycles. The highest BCUT2D eigenvalue weighted by molar-refractivity contribution is 7.99. The first-order chi connectivity index (χ1) is 11.1. The number of nitrogens with zero attached hydrogens (tertiary/aromatic N) is 3. The van der Waals surface area contributed by atoms with Gasteiger partial charge in [-0.1, -0.05) is 0 Å². The predicted octanol–water partition coefficient (Wildman–Crippen LogP) is 1.77. The number of likely N-dealkylation sites (tertiary alicyclic amines) is 1. The smallest absolute Gasteiger partial charge is 0.311 e. The molecule has 2 aliphatic rings. The van der Waals surface area contributed by atoms with E-state index < -0.39 is 0 Å². The highest BCUT2D eigenvalue weighted by Gasteiger charge is 2.41. The number of ether oxygens (including phenoxy) is 1.